The van der Waals surface area contributed by atoms with Gasteiger partial charge in [-0.05, 0) is 35.9 Å². The smallest absolute Gasteiger partial charge is 0.395 e. The third-order valence-corrected chi connectivity index (χ3v) is 4.21. The number of benzene rings is 2. The van der Waals surface area contributed by atoms with Crippen LogP contribution in [0, 0.1) is 5.82 Å². The molecule has 0 aliphatic heterocycles. The first-order valence-electron chi connectivity index (χ1n) is 8.65. The van der Waals surface area contributed by atoms with Gasteiger partial charge in [0.15, 0.2) is 0 Å². The number of nitrogens with one attached hydrogen (secondary N) is 1. The second-order valence-corrected chi connectivity index (χ2v) is 6.30. The molecule has 0 unspecified atom stereocenters. The summed E-state index contributed by atoms with van der Waals surface area (Å²) in [4.78, 5) is 20.3. The molecule has 1 amide bonds. The van der Waals surface area contributed by atoms with Gasteiger partial charge in [-0.25, -0.2) is 4.39 Å². The van der Waals surface area contributed by atoms with Crippen LogP contribution in [0.1, 0.15) is 10.4 Å². The fourth-order valence-corrected chi connectivity index (χ4v) is 2.66. The Labute approximate surface area is 168 Å². The van der Waals surface area contributed by atoms with Gasteiger partial charge in [-0.3, -0.25) is 14.8 Å². The van der Waals surface area contributed by atoms with Gasteiger partial charge in [-0.1, -0.05) is 18.2 Å². The van der Waals surface area contributed by atoms with E-state index in [1.807, 2.05) is 0 Å². The van der Waals surface area contributed by atoms with Crippen molar-refractivity contribution in [1.29, 1.82) is 0 Å². The number of amides is 1. The zero-order chi connectivity index (χ0) is 21.9. The molecule has 3 rings (SSSR count). The first-order valence-corrected chi connectivity index (χ1v) is 8.65. The predicted molar refractivity (Wildman–Crippen MR) is 106 cm³/mol. The summed E-state index contributed by atoms with van der Waals surface area (Å²) in [5, 5.41) is 2.99. The van der Waals surface area contributed by atoms with Crippen LogP contribution < -0.4 is 11.1 Å². The first kappa shape index (κ1) is 21.0. The molecule has 0 radical (unpaired) electrons. The molecule has 0 fully saturated rings. The van der Waals surface area contributed by atoms with E-state index in [1.165, 1.54) is 31.3 Å². The van der Waals surface area contributed by atoms with Gasteiger partial charge >= 0.3 is 6.18 Å². The van der Waals surface area contributed by atoms with Crippen molar-refractivity contribution in [3.63, 3.8) is 0 Å². The van der Waals surface area contributed by atoms with Gasteiger partial charge in [0.1, 0.15) is 17.3 Å². The molecule has 0 saturated heterocycles. The number of amidine groups is 1. The van der Waals surface area contributed by atoms with Crippen molar-refractivity contribution >= 4 is 22.6 Å². The average Bonchev–Trinajstić information content (AvgIpc) is 2.71. The highest BCUT2D eigenvalue weighted by molar-refractivity contribution is 6.11. The Bertz CT molecular complexity index is 1170. The molecule has 3 N–H and O–H groups in total. The molecule has 5 nitrogen and oxygen atoms in total. The van der Waals surface area contributed by atoms with E-state index in [9.17, 15) is 22.4 Å². The fourth-order valence-electron chi connectivity index (χ4n) is 2.66. The van der Waals surface area contributed by atoms with E-state index in [2.05, 4.69) is 15.3 Å². The minimum atomic E-state index is -4.73. The van der Waals surface area contributed by atoms with Crippen molar-refractivity contribution in [2.24, 2.45) is 10.7 Å². The highest BCUT2D eigenvalue weighted by atomic mass is 19.4. The van der Waals surface area contributed by atoms with Crippen LogP contribution in [0.2, 0.25) is 0 Å². The molecule has 0 bridgehead atoms. The SMILES string of the molecule is CN=C(C=C(N)C(F)(F)F)NC(=O)c1ccc2cc(-c3cccc(F)c3)cnc2c1. The maximum atomic E-state index is 13.4. The third-order valence-electron chi connectivity index (χ3n) is 4.21. The number of rotatable bonds is 3. The second kappa shape index (κ2) is 8.32. The van der Waals surface area contributed by atoms with Crippen molar-refractivity contribution in [2.75, 3.05) is 7.05 Å². The van der Waals surface area contributed by atoms with Gasteiger partial charge in [0, 0.05) is 35.8 Å². The van der Waals surface area contributed by atoms with Crippen LogP contribution in [0.5, 0.6) is 0 Å². The zero-order valence-electron chi connectivity index (χ0n) is 15.7. The number of allylic oxidation sites excluding steroid dienone is 1. The lowest BCUT2D eigenvalue weighted by molar-refractivity contribution is -0.0925. The lowest BCUT2D eigenvalue weighted by atomic mass is 10.0. The first-order chi connectivity index (χ1) is 14.2. The van der Waals surface area contributed by atoms with Crippen LogP contribution in [0.4, 0.5) is 17.6 Å². The molecule has 0 spiro atoms. The van der Waals surface area contributed by atoms with Crippen molar-refractivity contribution in [1.82, 2.24) is 10.3 Å². The lowest BCUT2D eigenvalue weighted by Gasteiger charge is -2.09. The quantitative estimate of drug-likeness (QED) is 0.381. The number of alkyl halides is 3. The molecule has 1 aromatic heterocycles. The van der Waals surface area contributed by atoms with Gasteiger partial charge in [0.25, 0.3) is 5.91 Å². The lowest BCUT2D eigenvalue weighted by Crippen LogP contribution is -2.31. The second-order valence-electron chi connectivity index (χ2n) is 6.30. The normalized spacial score (nSPS) is 12.8. The Kier molecular flexibility index (Phi) is 5.81. The molecule has 0 aliphatic rings. The number of halogens is 4. The Morgan fingerprint density at radius 3 is 2.57 bits per heavy atom. The van der Waals surface area contributed by atoms with E-state index in [1.54, 1.807) is 30.5 Å². The van der Waals surface area contributed by atoms with Crippen molar-refractivity contribution in [2.45, 2.75) is 6.18 Å². The summed E-state index contributed by atoms with van der Waals surface area (Å²) < 4.78 is 51.1. The van der Waals surface area contributed by atoms with E-state index in [4.69, 9.17) is 5.73 Å². The average molecular weight is 416 g/mol. The van der Waals surface area contributed by atoms with Crippen LogP contribution in [-0.2, 0) is 0 Å². The topological polar surface area (TPSA) is 80.4 Å². The van der Waals surface area contributed by atoms with Gasteiger partial charge in [0.05, 0.1) is 5.52 Å². The molecule has 2 aromatic carbocycles. The number of aromatic nitrogens is 1. The number of fused-ring (bicyclic) bond motifs is 1. The van der Waals surface area contributed by atoms with E-state index >= 15 is 0 Å². The molecule has 1 heterocycles. The number of nitrogens with zero attached hydrogens (tertiary/aromatic N) is 2. The summed E-state index contributed by atoms with van der Waals surface area (Å²) in [5.74, 6) is -1.36. The summed E-state index contributed by atoms with van der Waals surface area (Å²) >= 11 is 0. The standard InChI is InChI=1S/C21H16F4N4O/c1-27-19(10-18(26)21(23,24)25)29-20(30)14-6-5-13-7-15(11-28-17(13)9-14)12-3-2-4-16(22)8-12/h2-11H,26H2,1H3,(H,27,29,30). The van der Waals surface area contributed by atoms with E-state index < -0.39 is 17.8 Å². The Morgan fingerprint density at radius 1 is 1.13 bits per heavy atom. The Hall–Kier alpha value is -3.75. The Balaban J connectivity index is 1.85. The maximum Gasteiger partial charge on any atom is 0.430 e. The van der Waals surface area contributed by atoms with Gasteiger partial charge in [0.2, 0.25) is 0 Å². The maximum absolute atomic E-state index is 13.4. The zero-order valence-corrected chi connectivity index (χ0v) is 15.7. The number of carbonyl (C=O) groups is 1. The van der Waals surface area contributed by atoms with Crippen molar-refractivity contribution in [3.05, 3.63) is 77.9 Å². The van der Waals surface area contributed by atoms with Gasteiger partial charge in [-0.15, -0.1) is 0 Å². The minimum absolute atomic E-state index is 0.175. The van der Waals surface area contributed by atoms with Crippen molar-refractivity contribution in [3.8, 4) is 11.1 Å². The van der Waals surface area contributed by atoms with Crippen LogP contribution in [0.15, 0.2) is 71.5 Å². The molecular formula is C21H16F4N4O. The monoisotopic (exact) mass is 416 g/mol. The van der Waals surface area contributed by atoms with Gasteiger partial charge in [-0.2, -0.15) is 13.2 Å². The molecule has 0 atom stereocenters. The van der Waals surface area contributed by atoms with E-state index in [0.29, 0.717) is 28.1 Å². The van der Waals surface area contributed by atoms with Gasteiger partial charge < -0.3 is 11.1 Å². The number of aliphatic imine (C=N–C) groups is 1. The molecule has 30 heavy (non-hydrogen) atoms. The summed E-state index contributed by atoms with van der Waals surface area (Å²) in [6.45, 7) is 0. The van der Waals surface area contributed by atoms with Crippen LogP contribution in [0.3, 0.4) is 0 Å². The Morgan fingerprint density at radius 2 is 1.90 bits per heavy atom. The van der Waals surface area contributed by atoms with E-state index in [0.717, 1.165) is 0 Å². The number of nitrogens with two attached hydrogens (primary N) is 1. The molecule has 0 aliphatic carbocycles. The number of hydrogen-bond acceptors (Lipinski definition) is 4. The molecule has 9 heteroatoms. The van der Waals surface area contributed by atoms with Crippen LogP contribution in [-0.4, -0.2) is 30.0 Å². The highest BCUT2D eigenvalue weighted by Crippen LogP contribution is 2.24. The molecule has 154 valence electrons. The summed E-state index contributed by atoms with van der Waals surface area (Å²) in [7, 11) is 1.23. The van der Waals surface area contributed by atoms with E-state index in [-0.39, 0.29) is 17.2 Å². The third kappa shape index (κ3) is 4.80. The highest BCUT2D eigenvalue weighted by Gasteiger charge is 2.31. The summed E-state index contributed by atoms with van der Waals surface area (Å²) in [6, 6.07) is 12.5. The minimum Gasteiger partial charge on any atom is -0.395 e. The largest absolute Gasteiger partial charge is 0.430 e. The number of hydrogen-bond donors (Lipinski definition) is 2. The summed E-state index contributed by atoms with van der Waals surface area (Å²) in [6.07, 6.45) is -2.64. The van der Waals surface area contributed by atoms with Crippen LogP contribution in [0.25, 0.3) is 22.0 Å². The molecule has 3 aromatic rings. The summed E-state index contributed by atoms with van der Waals surface area (Å²) in [5.41, 5.74) is 5.60. The molecule has 0 saturated carbocycles. The number of carbonyl (C=O) groups excluding carboxylic acids is 1. The van der Waals surface area contributed by atoms with Crippen LogP contribution >= 0.6 is 0 Å². The van der Waals surface area contributed by atoms with Crippen molar-refractivity contribution < 1.29 is 22.4 Å². The number of pyridine rings is 1. The predicted octanol–water partition coefficient (Wildman–Crippen LogP) is 4.20. The fraction of sp³-hybridized carbons (Fsp3) is 0.0952. The molecular weight excluding hydrogens is 400 g/mol.